The van der Waals surface area contributed by atoms with Crippen molar-refractivity contribution in [3.05, 3.63) is 35.8 Å². The second-order valence-electron chi connectivity index (χ2n) is 10.9. The summed E-state index contributed by atoms with van der Waals surface area (Å²) in [4.78, 5) is 43.5. The monoisotopic (exact) mass is 502 g/mol. The van der Waals surface area contributed by atoms with Gasteiger partial charge in [-0.15, -0.1) is 0 Å². The molecule has 0 saturated carbocycles. The van der Waals surface area contributed by atoms with Crippen molar-refractivity contribution in [3.8, 4) is 0 Å². The molecule has 0 aromatic carbocycles. The molecular weight excluding hydrogens is 456 g/mol. The average molecular weight is 503 g/mol. The normalized spacial score (nSPS) is 18.9. The highest BCUT2D eigenvalue weighted by Gasteiger charge is 2.36. The summed E-state index contributed by atoms with van der Waals surface area (Å²) in [5.74, 6) is 0.239. The zero-order chi connectivity index (χ0) is 27.0. The zero-order valence-electron chi connectivity index (χ0n) is 23.3. The number of nitrogens with zero attached hydrogens (tertiary/aromatic N) is 2. The lowest BCUT2D eigenvalue weighted by atomic mass is 9.95. The van der Waals surface area contributed by atoms with Crippen molar-refractivity contribution in [2.24, 2.45) is 11.8 Å². The number of carbonyl (C=O) groups excluding carboxylic acids is 3. The minimum atomic E-state index is -0.638. The quantitative estimate of drug-likeness (QED) is 0.450. The Bertz CT molecular complexity index is 891. The van der Waals surface area contributed by atoms with Gasteiger partial charge in [0.15, 0.2) is 0 Å². The van der Waals surface area contributed by atoms with Gasteiger partial charge in [0.1, 0.15) is 11.8 Å². The predicted octanol–water partition coefficient (Wildman–Crippen LogP) is 3.73. The summed E-state index contributed by atoms with van der Waals surface area (Å²) in [6.45, 7) is 15.1. The first kappa shape index (κ1) is 29.6. The fourth-order valence-electron chi connectivity index (χ4n) is 4.79. The van der Waals surface area contributed by atoms with E-state index in [1.165, 1.54) is 0 Å². The maximum atomic E-state index is 13.7. The van der Waals surface area contributed by atoms with Crippen LogP contribution < -0.4 is 10.6 Å². The fourth-order valence-corrected chi connectivity index (χ4v) is 4.79. The first-order valence-corrected chi connectivity index (χ1v) is 13.3. The first-order chi connectivity index (χ1) is 16.9. The van der Waals surface area contributed by atoms with E-state index in [1.54, 1.807) is 37.3 Å². The molecule has 1 aliphatic rings. The minimum Gasteiger partial charge on any atom is -0.467 e. The van der Waals surface area contributed by atoms with E-state index >= 15 is 0 Å². The van der Waals surface area contributed by atoms with Crippen LogP contribution in [0.25, 0.3) is 0 Å². The molecule has 0 aliphatic carbocycles. The van der Waals surface area contributed by atoms with Crippen LogP contribution in [0.4, 0.5) is 0 Å². The van der Waals surface area contributed by atoms with Gasteiger partial charge in [0.05, 0.1) is 24.9 Å². The first-order valence-electron chi connectivity index (χ1n) is 13.3. The van der Waals surface area contributed by atoms with Gasteiger partial charge in [0, 0.05) is 18.7 Å². The highest BCUT2D eigenvalue weighted by molar-refractivity contribution is 5.93. The number of hydrogen-bond donors (Lipinski definition) is 2. The Kier molecular flexibility index (Phi) is 11.2. The van der Waals surface area contributed by atoms with E-state index in [9.17, 15) is 14.4 Å². The minimum absolute atomic E-state index is 0.0741. The number of hydrogen-bond acceptors (Lipinski definition) is 5. The van der Waals surface area contributed by atoms with Gasteiger partial charge in [-0.2, -0.15) is 0 Å². The number of amides is 3. The van der Waals surface area contributed by atoms with E-state index in [0.717, 1.165) is 25.8 Å². The lowest BCUT2D eigenvalue weighted by Crippen LogP contribution is -2.58. The summed E-state index contributed by atoms with van der Waals surface area (Å²) in [5.41, 5.74) is 0.528. The van der Waals surface area contributed by atoms with Crippen LogP contribution in [-0.2, 0) is 20.9 Å². The van der Waals surface area contributed by atoms with Gasteiger partial charge in [-0.05, 0) is 64.1 Å². The molecule has 0 spiro atoms. The van der Waals surface area contributed by atoms with E-state index in [1.807, 2.05) is 33.8 Å². The third-order valence-corrected chi connectivity index (χ3v) is 7.00. The van der Waals surface area contributed by atoms with Crippen LogP contribution in [0, 0.1) is 11.8 Å². The van der Waals surface area contributed by atoms with Gasteiger partial charge in [0.25, 0.3) is 0 Å². The van der Waals surface area contributed by atoms with E-state index in [0.29, 0.717) is 17.9 Å². The van der Waals surface area contributed by atoms with Crippen molar-refractivity contribution in [2.45, 2.75) is 98.4 Å². The molecule has 8 heteroatoms. The SMILES string of the molecule is C/C(=C\[C@H](C(C)C)N(C)C(=O)[C@@H](NC(=O)C1CCCCN1C(C)C)C(C)C)C(=O)NCc1ccco1. The summed E-state index contributed by atoms with van der Waals surface area (Å²) in [5, 5.41) is 5.92. The van der Waals surface area contributed by atoms with Gasteiger partial charge in [-0.1, -0.05) is 40.2 Å². The molecule has 0 radical (unpaired) electrons. The van der Waals surface area contributed by atoms with Crippen LogP contribution in [0.1, 0.15) is 73.5 Å². The van der Waals surface area contributed by atoms with Gasteiger partial charge in [-0.3, -0.25) is 19.3 Å². The standard InChI is InChI=1S/C28H46N4O4/c1-18(2)24(16-21(7)26(33)29-17-22-12-11-15-36-22)31(8)28(35)25(19(3)4)30-27(34)23-13-9-10-14-32(23)20(5)6/h11-12,15-16,18-20,23-25H,9-10,13-14,17H2,1-8H3,(H,29,33)(H,30,34)/b21-16+/t23?,24-,25+/m1/s1. The molecule has 1 unspecified atom stereocenters. The Morgan fingerprint density at radius 3 is 2.39 bits per heavy atom. The molecule has 2 rings (SSSR count). The second-order valence-corrected chi connectivity index (χ2v) is 10.9. The lowest BCUT2D eigenvalue weighted by Gasteiger charge is -2.39. The highest BCUT2D eigenvalue weighted by atomic mass is 16.3. The van der Waals surface area contributed by atoms with Crippen molar-refractivity contribution in [2.75, 3.05) is 13.6 Å². The number of likely N-dealkylation sites (tertiary alicyclic amines) is 1. The fraction of sp³-hybridized carbons (Fsp3) is 0.679. The summed E-state index contributed by atoms with van der Waals surface area (Å²) in [6, 6.07) is 2.70. The van der Waals surface area contributed by atoms with E-state index in [2.05, 4.69) is 29.4 Å². The number of nitrogens with one attached hydrogen (secondary N) is 2. The highest BCUT2D eigenvalue weighted by Crippen LogP contribution is 2.21. The van der Waals surface area contributed by atoms with Gasteiger partial charge in [0.2, 0.25) is 17.7 Å². The third kappa shape index (κ3) is 7.95. The smallest absolute Gasteiger partial charge is 0.247 e. The van der Waals surface area contributed by atoms with E-state index in [4.69, 9.17) is 4.42 Å². The number of furan rings is 1. The molecule has 8 nitrogen and oxygen atoms in total. The lowest BCUT2D eigenvalue weighted by molar-refractivity contribution is -0.140. The zero-order valence-corrected chi connectivity index (χ0v) is 23.3. The molecule has 1 aliphatic heterocycles. The molecule has 3 amide bonds. The maximum absolute atomic E-state index is 13.7. The molecule has 2 heterocycles. The van der Waals surface area contributed by atoms with E-state index < -0.39 is 6.04 Å². The molecule has 2 N–H and O–H groups in total. The second kappa shape index (κ2) is 13.6. The molecular formula is C28H46N4O4. The van der Waals surface area contributed by atoms with Crippen LogP contribution in [0.2, 0.25) is 0 Å². The Balaban J connectivity index is 2.13. The van der Waals surface area contributed by atoms with Crippen LogP contribution in [0.3, 0.4) is 0 Å². The average Bonchev–Trinajstić information content (AvgIpc) is 3.36. The molecule has 1 fully saturated rings. The van der Waals surface area contributed by atoms with Crippen LogP contribution >= 0.6 is 0 Å². The van der Waals surface area contributed by atoms with Crippen LogP contribution in [0.5, 0.6) is 0 Å². The van der Waals surface area contributed by atoms with Crippen molar-refractivity contribution in [3.63, 3.8) is 0 Å². The van der Waals surface area contributed by atoms with Crippen molar-refractivity contribution in [1.82, 2.24) is 20.4 Å². The van der Waals surface area contributed by atoms with Gasteiger partial charge >= 0.3 is 0 Å². The van der Waals surface area contributed by atoms with Crippen LogP contribution in [0.15, 0.2) is 34.5 Å². The molecule has 1 saturated heterocycles. The number of piperidine rings is 1. The molecule has 0 bridgehead atoms. The van der Waals surface area contributed by atoms with Crippen molar-refractivity contribution in [1.29, 1.82) is 0 Å². The molecule has 1 aromatic rings. The number of likely N-dealkylation sites (N-methyl/N-ethyl adjacent to an activating group) is 1. The number of carbonyl (C=O) groups is 3. The molecule has 36 heavy (non-hydrogen) atoms. The largest absolute Gasteiger partial charge is 0.467 e. The Labute approximate surface area is 216 Å². The third-order valence-electron chi connectivity index (χ3n) is 7.00. The van der Waals surface area contributed by atoms with Crippen LogP contribution in [-0.4, -0.2) is 65.3 Å². The maximum Gasteiger partial charge on any atom is 0.247 e. The van der Waals surface area contributed by atoms with Crippen molar-refractivity contribution >= 4 is 17.7 Å². The molecule has 3 atom stereocenters. The predicted molar refractivity (Wildman–Crippen MR) is 142 cm³/mol. The Morgan fingerprint density at radius 1 is 1.14 bits per heavy atom. The summed E-state index contributed by atoms with van der Waals surface area (Å²) in [7, 11) is 1.75. The van der Waals surface area contributed by atoms with Crippen molar-refractivity contribution < 1.29 is 18.8 Å². The topological polar surface area (TPSA) is 94.9 Å². The molecule has 1 aromatic heterocycles. The summed E-state index contributed by atoms with van der Waals surface area (Å²) >= 11 is 0. The summed E-state index contributed by atoms with van der Waals surface area (Å²) in [6.07, 6.45) is 6.32. The van der Waals surface area contributed by atoms with E-state index in [-0.39, 0.29) is 47.7 Å². The Hall–Kier alpha value is -2.61. The number of rotatable bonds is 11. The van der Waals surface area contributed by atoms with Gasteiger partial charge < -0.3 is 20.0 Å². The molecule has 202 valence electrons. The summed E-state index contributed by atoms with van der Waals surface area (Å²) < 4.78 is 5.27. The van der Waals surface area contributed by atoms with Gasteiger partial charge in [-0.25, -0.2) is 0 Å². The Morgan fingerprint density at radius 2 is 1.83 bits per heavy atom.